The third kappa shape index (κ3) is 1.85. The van der Waals surface area contributed by atoms with E-state index < -0.39 is 0 Å². The Balaban J connectivity index is 0.00000144. The normalized spacial score (nSPS) is 13.6. The lowest BCUT2D eigenvalue weighted by Crippen LogP contribution is -2.39. The van der Waals surface area contributed by atoms with Crippen LogP contribution in [0.15, 0.2) is 9.59 Å². The minimum Gasteiger partial charge on any atom is -0.347 e. The van der Waals surface area contributed by atoms with Gasteiger partial charge in [0.1, 0.15) is 11.5 Å². The van der Waals surface area contributed by atoms with Crippen LogP contribution >= 0.6 is 24.0 Å². The Kier molecular flexibility index (Phi) is 3.90. The summed E-state index contributed by atoms with van der Waals surface area (Å²) >= 11 is 0. The van der Waals surface area contributed by atoms with Crippen LogP contribution in [0.2, 0.25) is 0 Å². The number of fused-ring (bicyclic) bond motifs is 1. The van der Waals surface area contributed by atoms with Crippen molar-refractivity contribution in [2.45, 2.75) is 6.92 Å². The highest BCUT2D eigenvalue weighted by atomic mass is 127. The summed E-state index contributed by atoms with van der Waals surface area (Å²) in [4.78, 5) is 27.7. The molecular weight excluding hydrogens is 335 g/mol. The summed E-state index contributed by atoms with van der Waals surface area (Å²) in [5.41, 5.74) is 0.118. The SMILES string of the molecule is CCN1CN(C)c2c1c(=O)n(C)c(=O)n2C.I. The maximum absolute atomic E-state index is 12.0. The fourth-order valence-electron chi connectivity index (χ4n) is 2.18. The maximum atomic E-state index is 12.0. The van der Waals surface area contributed by atoms with E-state index in [0.717, 1.165) is 11.1 Å². The molecule has 17 heavy (non-hydrogen) atoms. The first kappa shape index (κ1) is 14.1. The van der Waals surface area contributed by atoms with Crippen LogP contribution in [0, 0.1) is 0 Å². The van der Waals surface area contributed by atoms with Crippen LogP contribution in [0.4, 0.5) is 11.5 Å². The molecule has 2 rings (SSSR count). The standard InChI is InChI=1S/C10H16N4O2.HI/c1-5-14-6-11(2)8-7(14)9(15)13(4)10(16)12(8)3;/h5-6H2,1-4H3;1H. The van der Waals surface area contributed by atoms with Gasteiger partial charge in [-0.3, -0.25) is 13.9 Å². The molecule has 1 aliphatic heterocycles. The van der Waals surface area contributed by atoms with Crippen LogP contribution < -0.4 is 21.0 Å². The van der Waals surface area contributed by atoms with Gasteiger partial charge in [-0.25, -0.2) is 4.79 Å². The molecule has 0 saturated heterocycles. The predicted molar refractivity (Wildman–Crippen MR) is 78.6 cm³/mol. The van der Waals surface area contributed by atoms with Crippen LogP contribution in [-0.2, 0) is 14.1 Å². The van der Waals surface area contributed by atoms with Gasteiger partial charge in [-0.05, 0) is 6.92 Å². The number of anilines is 2. The quantitative estimate of drug-likeness (QED) is 0.665. The Morgan fingerprint density at radius 1 is 1.12 bits per heavy atom. The highest BCUT2D eigenvalue weighted by Crippen LogP contribution is 2.29. The molecular formula is C10H17IN4O2. The second-order valence-corrected chi connectivity index (χ2v) is 4.07. The summed E-state index contributed by atoms with van der Waals surface area (Å²) in [6, 6.07) is 0. The van der Waals surface area contributed by atoms with Crippen LogP contribution in [0.1, 0.15) is 6.92 Å². The van der Waals surface area contributed by atoms with Gasteiger partial charge in [-0.1, -0.05) is 0 Å². The monoisotopic (exact) mass is 352 g/mol. The molecule has 0 atom stereocenters. The zero-order valence-corrected chi connectivity index (χ0v) is 12.8. The maximum Gasteiger partial charge on any atom is 0.332 e. The molecule has 0 radical (unpaired) electrons. The summed E-state index contributed by atoms with van der Waals surface area (Å²) in [7, 11) is 5.08. The summed E-state index contributed by atoms with van der Waals surface area (Å²) in [6.45, 7) is 3.40. The fraction of sp³-hybridized carbons (Fsp3) is 0.600. The first-order valence-corrected chi connectivity index (χ1v) is 5.25. The minimum atomic E-state index is -0.284. The lowest BCUT2D eigenvalue weighted by molar-refractivity contribution is 0.689. The zero-order chi connectivity index (χ0) is 12.0. The van der Waals surface area contributed by atoms with Gasteiger partial charge in [-0.15, -0.1) is 24.0 Å². The Labute approximate surface area is 116 Å². The van der Waals surface area contributed by atoms with Crippen molar-refractivity contribution in [3.05, 3.63) is 20.8 Å². The van der Waals surface area contributed by atoms with Gasteiger partial charge in [0.05, 0.1) is 6.67 Å². The van der Waals surface area contributed by atoms with Crippen molar-refractivity contribution in [1.29, 1.82) is 0 Å². The third-order valence-corrected chi connectivity index (χ3v) is 3.05. The molecule has 1 aliphatic rings. The van der Waals surface area contributed by atoms with E-state index in [2.05, 4.69) is 0 Å². The molecule has 0 N–H and O–H groups in total. The van der Waals surface area contributed by atoms with Crippen molar-refractivity contribution < 1.29 is 0 Å². The average Bonchev–Trinajstić information content (AvgIpc) is 2.60. The van der Waals surface area contributed by atoms with E-state index in [0.29, 0.717) is 18.2 Å². The van der Waals surface area contributed by atoms with E-state index in [4.69, 9.17) is 0 Å². The summed E-state index contributed by atoms with van der Waals surface area (Å²) in [5.74, 6) is 0.704. The molecule has 0 saturated carbocycles. The largest absolute Gasteiger partial charge is 0.347 e. The number of aromatic nitrogens is 2. The predicted octanol–water partition coefficient (Wildman–Crippen LogP) is -0.0644. The molecule has 7 heteroatoms. The van der Waals surface area contributed by atoms with Crippen molar-refractivity contribution in [3.63, 3.8) is 0 Å². The van der Waals surface area contributed by atoms with Crippen molar-refractivity contribution in [3.8, 4) is 0 Å². The molecule has 1 aromatic heterocycles. The number of nitrogens with zero attached hydrogens (tertiary/aromatic N) is 4. The lowest BCUT2D eigenvalue weighted by Gasteiger charge is -2.15. The minimum absolute atomic E-state index is 0. The molecule has 0 spiro atoms. The first-order valence-electron chi connectivity index (χ1n) is 5.25. The summed E-state index contributed by atoms with van der Waals surface area (Å²) in [5, 5.41) is 0. The average molecular weight is 352 g/mol. The van der Waals surface area contributed by atoms with Gasteiger partial charge in [0, 0.05) is 27.7 Å². The Bertz CT molecular complexity index is 548. The molecule has 0 unspecified atom stereocenters. The molecule has 0 aliphatic carbocycles. The van der Waals surface area contributed by atoms with Crippen molar-refractivity contribution in [1.82, 2.24) is 9.13 Å². The van der Waals surface area contributed by atoms with E-state index in [1.54, 1.807) is 7.05 Å². The third-order valence-electron chi connectivity index (χ3n) is 3.05. The van der Waals surface area contributed by atoms with Gasteiger partial charge < -0.3 is 9.80 Å². The van der Waals surface area contributed by atoms with E-state index in [1.165, 1.54) is 11.6 Å². The highest BCUT2D eigenvalue weighted by molar-refractivity contribution is 14.0. The van der Waals surface area contributed by atoms with Crippen LogP contribution in [0.25, 0.3) is 0 Å². The van der Waals surface area contributed by atoms with Gasteiger partial charge in [-0.2, -0.15) is 0 Å². The topological polar surface area (TPSA) is 50.5 Å². The first-order chi connectivity index (χ1) is 7.49. The van der Waals surface area contributed by atoms with Gasteiger partial charge in [0.2, 0.25) is 0 Å². The molecule has 1 aromatic rings. The summed E-state index contributed by atoms with van der Waals surface area (Å²) in [6.07, 6.45) is 0. The van der Waals surface area contributed by atoms with E-state index in [1.807, 2.05) is 23.8 Å². The molecule has 0 amide bonds. The van der Waals surface area contributed by atoms with Crippen LogP contribution in [-0.4, -0.2) is 29.4 Å². The molecule has 0 bridgehead atoms. The molecule has 0 fully saturated rings. The van der Waals surface area contributed by atoms with Crippen molar-refractivity contribution in [2.24, 2.45) is 14.1 Å². The second-order valence-electron chi connectivity index (χ2n) is 4.07. The second kappa shape index (κ2) is 4.71. The lowest BCUT2D eigenvalue weighted by atomic mass is 10.4. The van der Waals surface area contributed by atoms with E-state index in [9.17, 15) is 9.59 Å². The van der Waals surface area contributed by atoms with Crippen LogP contribution in [0.3, 0.4) is 0 Å². The number of rotatable bonds is 1. The van der Waals surface area contributed by atoms with Gasteiger partial charge in [0.15, 0.2) is 0 Å². The number of hydrogen-bond acceptors (Lipinski definition) is 4. The molecule has 96 valence electrons. The highest BCUT2D eigenvalue weighted by Gasteiger charge is 2.29. The Morgan fingerprint density at radius 3 is 2.24 bits per heavy atom. The van der Waals surface area contributed by atoms with Crippen molar-refractivity contribution in [2.75, 3.05) is 30.1 Å². The van der Waals surface area contributed by atoms with Crippen molar-refractivity contribution >= 4 is 35.5 Å². The zero-order valence-electron chi connectivity index (χ0n) is 10.4. The Morgan fingerprint density at radius 2 is 1.71 bits per heavy atom. The number of hydrogen-bond donors (Lipinski definition) is 0. The molecule has 2 heterocycles. The summed E-state index contributed by atoms with van der Waals surface area (Å²) < 4.78 is 2.67. The number of halogens is 1. The molecule has 0 aromatic carbocycles. The Hall–Kier alpha value is -0.990. The van der Waals surface area contributed by atoms with Crippen LogP contribution in [0.5, 0.6) is 0 Å². The fourth-order valence-corrected chi connectivity index (χ4v) is 2.18. The van der Waals surface area contributed by atoms with Gasteiger partial charge in [0.25, 0.3) is 5.56 Å². The van der Waals surface area contributed by atoms with E-state index >= 15 is 0 Å². The molecule has 6 nitrogen and oxygen atoms in total. The smallest absolute Gasteiger partial charge is 0.332 e. The van der Waals surface area contributed by atoms with Gasteiger partial charge >= 0.3 is 5.69 Å². The van der Waals surface area contributed by atoms with E-state index in [-0.39, 0.29) is 35.2 Å².